The maximum absolute atomic E-state index is 11.2. The molecule has 0 aliphatic carbocycles. The van der Waals surface area contributed by atoms with Crippen LogP contribution in [0, 0.1) is 5.92 Å². The van der Waals surface area contributed by atoms with Gasteiger partial charge in [-0.05, 0) is 0 Å². The summed E-state index contributed by atoms with van der Waals surface area (Å²) in [7, 11) is 0. The first-order valence-corrected chi connectivity index (χ1v) is 4.87. The fraction of sp³-hybridized carbons (Fsp3) is 0.667. The van der Waals surface area contributed by atoms with Crippen molar-refractivity contribution in [2.75, 3.05) is 6.61 Å². The minimum atomic E-state index is -2.00. The second kappa shape index (κ2) is 3.67. The third kappa shape index (κ3) is 1.56. The molecule has 0 radical (unpaired) electrons. The van der Waals surface area contributed by atoms with Crippen molar-refractivity contribution in [2.24, 2.45) is 5.92 Å². The van der Waals surface area contributed by atoms with Gasteiger partial charge >= 0.3 is 17.9 Å². The zero-order chi connectivity index (χ0) is 12.8. The van der Waals surface area contributed by atoms with Crippen molar-refractivity contribution in [1.82, 2.24) is 0 Å². The van der Waals surface area contributed by atoms with Gasteiger partial charge in [-0.15, -0.1) is 0 Å². The molecule has 2 heterocycles. The third-order valence-electron chi connectivity index (χ3n) is 3.07. The van der Waals surface area contributed by atoms with Gasteiger partial charge in [-0.25, -0.2) is 9.59 Å². The molecular weight excluding hydrogens is 236 g/mol. The van der Waals surface area contributed by atoms with Crippen molar-refractivity contribution in [3.05, 3.63) is 0 Å². The van der Waals surface area contributed by atoms with E-state index < -0.39 is 41.6 Å². The van der Waals surface area contributed by atoms with Gasteiger partial charge in [-0.2, -0.15) is 0 Å². The topological polar surface area (TPSA) is 130 Å². The molecule has 0 aromatic rings. The van der Waals surface area contributed by atoms with Crippen LogP contribution in [-0.4, -0.2) is 57.6 Å². The quantitative estimate of drug-likeness (QED) is 0.565. The van der Waals surface area contributed by atoms with Gasteiger partial charge in [0.05, 0.1) is 12.7 Å². The fourth-order valence-corrected chi connectivity index (χ4v) is 2.34. The molecule has 2 bridgehead atoms. The van der Waals surface area contributed by atoms with Crippen LogP contribution in [0.25, 0.3) is 0 Å². The first-order valence-electron chi connectivity index (χ1n) is 4.87. The lowest BCUT2D eigenvalue weighted by molar-refractivity contribution is -0.197. The molecule has 2 rings (SSSR count). The van der Waals surface area contributed by atoms with E-state index in [9.17, 15) is 14.4 Å². The van der Waals surface area contributed by atoms with Crippen LogP contribution in [0.15, 0.2) is 0 Å². The Morgan fingerprint density at radius 3 is 2.24 bits per heavy atom. The molecule has 0 saturated carbocycles. The lowest BCUT2D eigenvalue weighted by Gasteiger charge is -2.36. The van der Waals surface area contributed by atoms with E-state index in [1.807, 2.05) is 0 Å². The normalized spacial score (nSPS) is 39.9. The average Bonchev–Trinajstić information content (AvgIpc) is 2.56. The van der Waals surface area contributed by atoms with Crippen LogP contribution in [0.5, 0.6) is 0 Å². The molecule has 2 saturated heterocycles. The van der Waals surface area contributed by atoms with Crippen LogP contribution >= 0.6 is 0 Å². The highest BCUT2D eigenvalue weighted by atomic mass is 16.6. The van der Waals surface area contributed by atoms with Gasteiger partial charge in [0.15, 0.2) is 11.7 Å². The van der Waals surface area contributed by atoms with Crippen LogP contribution in [0.3, 0.4) is 0 Å². The summed E-state index contributed by atoms with van der Waals surface area (Å²) in [6, 6.07) is 0. The van der Waals surface area contributed by atoms with Gasteiger partial charge < -0.3 is 24.8 Å². The van der Waals surface area contributed by atoms with Crippen molar-refractivity contribution in [3.63, 3.8) is 0 Å². The maximum Gasteiger partial charge on any atom is 0.337 e. The van der Waals surface area contributed by atoms with E-state index in [0.717, 1.165) is 0 Å². The highest BCUT2D eigenvalue weighted by Gasteiger charge is 2.64. The molecule has 4 atom stereocenters. The number of carboxylic acids is 3. The number of hydrogen-bond donors (Lipinski definition) is 3. The van der Waals surface area contributed by atoms with Gasteiger partial charge in [0.2, 0.25) is 0 Å². The molecule has 0 spiro atoms. The SMILES string of the molecule is O=C(O)C1OC2COC(C(=O)O)(C2)C1C(=O)O. The summed E-state index contributed by atoms with van der Waals surface area (Å²) in [5, 5.41) is 27.0. The highest BCUT2D eigenvalue weighted by Crippen LogP contribution is 2.43. The predicted octanol–water partition coefficient (Wildman–Crippen LogP) is -1.22. The molecule has 4 unspecified atom stereocenters. The van der Waals surface area contributed by atoms with E-state index in [2.05, 4.69) is 0 Å². The van der Waals surface area contributed by atoms with Crippen LogP contribution < -0.4 is 0 Å². The zero-order valence-corrected chi connectivity index (χ0v) is 8.53. The van der Waals surface area contributed by atoms with Crippen molar-refractivity contribution >= 4 is 17.9 Å². The van der Waals surface area contributed by atoms with Crippen molar-refractivity contribution in [1.29, 1.82) is 0 Å². The first kappa shape index (κ1) is 11.8. The first-order chi connectivity index (χ1) is 7.88. The highest BCUT2D eigenvalue weighted by molar-refractivity contribution is 5.91. The van der Waals surface area contributed by atoms with Crippen LogP contribution in [0.2, 0.25) is 0 Å². The Balaban J connectivity index is 2.45. The zero-order valence-electron chi connectivity index (χ0n) is 8.53. The Kier molecular flexibility index (Phi) is 2.55. The molecular formula is C9H10O8. The number of rotatable bonds is 3. The van der Waals surface area contributed by atoms with E-state index in [1.54, 1.807) is 0 Å². The molecule has 8 nitrogen and oxygen atoms in total. The van der Waals surface area contributed by atoms with Crippen molar-refractivity contribution in [3.8, 4) is 0 Å². The number of fused-ring (bicyclic) bond motifs is 2. The minimum absolute atomic E-state index is 0.111. The summed E-state index contributed by atoms with van der Waals surface area (Å²) < 4.78 is 10.0. The standard InChI is InChI=1S/C9H10O8/c10-6(11)4-5(7(12)13)17-3-1-9(4,8(14)15)16-2-3/h3-5H,1-2H2,(H,10,11)(H,12,13)(H,14,15). The molecule has 0 aromatic heterocycles. The van der Waals surface area contributed by atoms with Gasteiger partial charge in [-0.3, -0.25) is 4.79 Å². The summed E-state index contributed by atoms with van der Waals surface area (Å²) in [5.41, 5.74) is -2.00. The predicted molar refractivity (Wildman–Crippen MR) is 48.4 cm³/mol. The smallest absolute Gasteiger partial charge is 0.337 e. The molecule has 2 aliphatic heterocycles. The Morgan fingerprint density at radius 1 is 1.12 bits per heavy atom. The summed E-state index contributed by atoms with van der Waals surface area (Å²) in [6.45, 7) is -0.111. The molecule has 8 heteroatoms. The Morgan fingerprint density at radius 2 is 1.76 bits per heavy atom. The lowest BCUT2D eigenvalue weighted by Crippen LogP contribution is -2.59. The van der Waals surface area contributed by atoms with Crippen molar-refractivity contribution < 1.29 is 39.2 Å². The summed E-state index contributed by atoms with van der Waals surface area (Å²) >= 11 is 0. The largest absolute Gasteiger partial charge is 0.481 e. The monoisotopic (exact) mass is 246 g/mol. The number of aliphatic carboxylic acids is 3. The molecule has 2 fully saturated rings. The summed E-state index contributed by atoms with van der Waals surface area (Å²) in [5.74, 6) is -6.28. The van der Waals surface area contributed by atoms with Crippen LogP contribution in [0.4, 0.5) is 0 Å². The minimum Gasteiger partial charge on any atom is -0.481 e. The lowest BCUT2D eigenvalue weighted by atomic mass is 9.78. The number of ether oxygens (including phenoxy) is 2. The molecule has 17 heavy (non-hydrogen) atoms. The average molecular weight is 246 g/mol. The number of carboxylic acid groups (broad SMARTS) is 3. The van der Waals surface area contributed by atoms with E-state index >= 15 is 0 Å². The van der Waals surface area contributed by atoms with Crippen LogP contribution in [0.1, 0.15) is 6.42 Å². The summed E-state index contributed by atoms with van der Waals surface area (Å²) in [6.07, 6.45) is -2.55. The molecule has 0 aromatic carbocycles. The molecule has 0 amide bonds. The van der Waals surface area contributed by atoms with E-state index in [0.29, 0.717) is 0 Å². The Bertz CT molecular complexity index is 390. The second-order valence-electron chi connectivity index (χ2n) is 4.04. The van der Waals surface area contributed by atoms with E-state index in [-0.39, 0.29) is 13.0 Å². The Hall–Kier alpha value is -1.67. The maximum atomic E-state index is 11.2. The molecule has 3 N–H and O–H groups in total. The van der Waals surface area contributed by atoms with E-state index in [4.69, 9.17) is 24.8 Å². The van der Waals surface area contributed by atoms with Crippen LogP contribution in [-0.2, 0) is 23.9 Å². The Labute approximate surface area is 94.7 Å². The molecule has 94 valence electrons. The van der Waals surface area contributed by atoms with E-state index in [1.165, 1.54) is 0 Å². The van der Waals surface area contributed by atoms with Gasteiger partial charge in [0, 0.05) is 6.42 Å². The second-order valence-corrected chi connectivity index (χ2v) is 4.04. The fourth-order valence-electron chi connectivity index (χ4n) is 2.34. The third-order valence-corrected chi connectivity index (χ3v) is 3.07. The van der Waals surface area contributed by atoms with Gasteiger partial charge in [0.25, 0.3) is 0 Å². The van der Waals surface area contributed by atoms with Gasteiger partial charge in [0.1, 0.15) is 5.92 Å². The van der Waals surface area contributed by atoms with Gasteiger partial charge in [-0.1, -0.05) is 0 Å². The number of carbonyl (C=O) groups is 3. The molecule has 2 aliphatic rings. The van der Waals surface area contributed by atoms with Crippen molar-refractivity contribution in [2.45, 2.75) is 24.2 Å². The summed E-state index contributed by atoms with van der Waals surface area (Å²) in [4.78, 5) is 33.2. The number of hydrogen-bond acceptors (Lipinski definition) is 5.